The second kappa shape index (κ2) is 5.61. The zero-order valence-corrected chi connectivity index (χ0v) is 10.8. The Balaban J connectivity index is 2.90. The molecule has 0 heterocycles. The molecule has 0 aromatic heterocycles. The summed E-state index contributed by atoms with van der Waals surface area (Å²) in [6.45, 7) is 5.12. The SMILES string of the molecule is CC(C)(C)OC(=O)/C=C/c1cc(F)c(C#N)c(F)c1. The molecule has 100 valence electrons. The van der Waals surface area contributed by atoms with E-state index in [0.29, 0.717) is 0 Å². The number of hydrogen-bond acceptors (Lipinski definition) is 3. The highest BCUT2D eigenvalue weighted by molar-refractivity contribution is 5.87. The molecule has 0 atom stereocenters. The number of carbonyl (C=O) groups is 1. The van der Waals surface area contributed by atoms with Gasteiger partial charge in [0.2, 0.25) is 0 Å². The van der Waals surface area contributed by atoms with Gasteiger partial charge in [-0.2, -0.15) is 5.26 Å². The Bertz CT molecular complexity index is 543. The van der Waals surface area contributed by atoms with Gasteiger partial charge in [0, 0.05) is 6.08 Å². The molecule has 0 spiro atoms. The molecule has 19 heavy (non-hydrogen) atoms. The molecule has 0 bridgehead atoms. The number of rotatable bonds is 2. The minimum Gasteiger partial charge on any atom is -0.457 e. The third-order valence-corrected chi connectivity index (χ3v) is 1.99. The smallest absolute Gasteiger partial charge is 0.331 e. The molecule has 5 heteroatoms. The molecule has 0 aliphatic carbocycles. The number of benzene rings is 1. The maximum atomic E-state index is 13.3. The van der Waals surface area contributed by atoms with E-state index in [1.807, 2.05) is 0 Å². The lowest BCUT2D eigenvalue weighted by Crippen LogP contribution is -2.22. The van der Waals surface area contributed by atoms with Gasteiger partial charge in [0.15, 0.2) is 0 Å². The number of esters is 1. The fourth-order valence-corrected chi connectivity index (χ4v) is 1.30. The minimum atomic E-state index is -0.966. The predicted octanol–water partition coefficient (Wildman–Crippen LogP) is 3.19. The van der Waals surface area contributed by atoms with Crippen LogP contribution in [-0.4, -0.2) is 11.6 Å². The van der Waals surface area contributed by atoms with E-state index in [1.54, 1.807) is 20.8 Å². The molecule has 0 radical (unpaired) electrons. The van der Waals surface area contributed by atoms with Crippen molar-refractivity contribution in [2.45, 2.75) is 26.4 Å². The fourth-order valence-electron chi connectivity index (χ4n) is 1.30. The zero-order chi connectivity index (χ0) is 14.6. The van der Waals surface area contributed by atoms with Crippen LogP contribution in [0.15, 0.2) is 18.2 Å². The van der Waals surface area contributed by atoms with Crippen molar-refractivity contribution in [1.29, 1.82) is 5.26 Å². The summed E-state index contributed by atoms with van der Waals surface area (Å²) in [5, 5.41) is 8.51. The quantitative estimate of drug-likeness (QED) is 0.609. The van der Waals surface area contributed by atoms with Crippen LogP contribution in [0.25, 0.3) is 6.08 Å². The van der Waals surface area contributed by atoms with E-state index in [4.69, 9.17) is 10.00 Å². The van der Waals surface area contributed by atoms with E-state index in [1.165, 1.54) is 12.1 Å². The van der Waals surface area contributed by atoms with Gasteiger partial charge < -0.3 is 4.74 Å². The fraction of sp³-hybridized carbons (Fsp3) is 0.286. The Morgan fingerprint density at radius 1 is 1.32 bits per heavy atom. The number of hydrogen-bond donors (Lipinski definition) is 0. The van der Waals surface area contributed by atoms with Crippen molar-refractivity contribution in [1.82, 2.24) is 0 Å². The van der Waals surface area contributed by atoms with Gasteiger partial charge in [0.05, 0.1) is 0 Å². The number of halogens is 2. The van der Waals surface area contributed by atoms with Crippen LogP contribution in [0, 0.1) is 23.0 Å². The van der Waals surface area contributed by atoms with Crippen LogP contribution < -0.4 is 0 Å². The maximum Gasteiger partial charge on any atom is 0.331 e. The van der Waals surface area contributed by atoms with E-state index in [9.17, 15) is 13.6 Å². The summed E-state index contributed by atoms with van der Waals surface area (Å²) in [5.74, 6) is -2.55. The Kier molecular flexibility index (Phi) is 4.38. The molecular formula is C14H13F2NO2. The van der Waals surface area contributed by atoms with Crippen molar-refractivity contribution < 1.29 is 18.3 Å². The first-order chi connectivity index (χ1) is 8.73. The largest absolute Gasteiger partial charge is 0.457 e. The molecule has 0 aliphatic heterocycles. The van der Waals surface area contributed by atoms with Crippen LogP contribution in [0.2, 0.25) is 0 Å². The highest BCUT2D eigenvalue weighted by atomic mass is 19.1. The summed E-state index contributed by atoms with van der Waals surface area (Å²) in [5.41, 5.74) is -1.14. The standard InChI is InChI=1S/C14H13F2NO2/c1-14(2,3)19-13(18)5-4-9-6-11(15)10(8-17)12(16)7-9/h4-7H,1-3H3/b5-4+. The molecule has 1 aromatic carbocycles. The molecular weight excluding hydrogens is 252 g/mol. The van der Waals surface area contributed by atoms with E-state index < -0.39 is 28.8 Å². The van der Waals surface area contributed by atoms with Gasteiger partial charge in [0.1, 0.15) is 28.9 Å². The van der Waals surface area contributed by atoms with Gasteiger partial charge in [-0.1, -0.05) is 0 Å². The first-order valence-corrected chi connectivity index (χ1v) is 5.53. The summed E-state index contributed by atoms with van der Waals surface area (Å²) in [6, 6.07) is 3.37. The van der Waals surface area contributed by atoms with Crippen molar-refractivity contribution in [3.8, 4) is 6.07 Å². The highest BCUT2D eigenvalue weighted by Gasteiger charge is 2.14. The van der Waals surface area contributed by atoms with Crippen molar-refractivity contribution in [2.75, 3.05) is 0 Å². The van der Waals surface area contributed by atoms with Crippen LogP contribution in [0.5, 0.6) is 0 Å². The van der Waals surface area contributed by atoms with E-state index in [0.717, 1.165) is 18.2 Å². The van der Waals surface area contributed by atoms with Crippen LogP contribution in [0.3, 0.4) is 0 Å². The summed E-state index contributed by atoms with van der Waals surface area (Å²) in [6.07, 6.45) is 2.30. The Hall–Kier alpha value is -2.22. The Morgan fingerprint density at radius 2 is 1.84 bits per heavy atom. The lowest BCUT2D eigenvalue weighted by molar-refractivity contribution is -0.148. The van der Waals surface area contributed by atoms with Gasteiger partial charge >= 0.3 is 5.97 Å². The van der Waals surface area contributed by atoms with E-state index in [-0.39, 0.29) is 5.56 Å². The molecule has 1 aromatic rings. The third kappa shape index (κ3) is 4.51. The van der Waals surface area contributed by atoms with Crippen LogP contribution in [-0.2, 0) is 9.53 Å². The second-order valence-electron chi connectivity index (χ2n) is 4.84. The Labute approximate surface area is 110 Å². The molecule has 1 rings (SSSR count). The molecule has 0 aliphatic rings. The van der Waals surface area contributed by atoms with Gasteiger partial charge in [-0.15, -0.1) is 0 Å². The molecule has 0 unspecified atom stereocenters. The van der Waals surface area contributed by atoms with Gasteiger partial charge in [-0.05, 0) is 44.5 Å². The molecule has 3 nitrogen and oxygen atoms in total. The van der Waals surface area contributed by atoms with Crippen LogP contribution in [0.4, 0.5) is 8.78 Å². The predicted molar refractivity (Wildman–Crippen MR) is 66.0 cm³/mol. The first-order valence-electron chi connectivity index (χ1n) is 5.53. The van der Waals surface area contributed by atoms with E-state index >= 15 is 0 Å². The summed E-state index contributed by atoms with van der Waals surface area (Å²) in [4.78, 5) is 11.4. The highest BCUT2D eigenvalue weighted by Crippen LogP contribution is 2.16. The van der Waals surface area contributed by atoms with Gasteiger partial charge in [0.25, 0.3) is 0 Å². The lowest BCUT2D eigenvalue weighted by Gasteiger charge is -2.17. The summed E-state index contributed by atoms with van der Waals surface area (Å²) >= 11 is 0. The normalized spacial score (nSPS) is 11.4. The molecule has 0 saturated heterocycles. The number of nitrogens with zero attached hydrogens (tertiary/aromatic N) is 1. The number of nitriles is 1. The number of ether oxygens (including phenoxy) is 1. The Morgan fingerprint density at radius 3 is 2.26 bits per heavy atom. The monoisotopic (exact) mass is 265 g/mol. The van der Waals surface area contributed by atoms with Crippen molar-refractivity contribution in [3.05, 3.63) is 41.0 Å². The van der Waals surface area contributed by atoms with Crippen LogP contribution in [0.1, 0.15) is 31.9 Å². The third-order valence-electron chi connectivity index (χ3n) is 1.99. The molecule has 0 fully saturated rings. The lowest BCUT2D eigenvalue weighted by atomic mass is 10.1. The first kappa shape index (κ1) is 14.8. The summed E-state index contributed by atoms with van der Waals surface area (Å²) in [7, 11) is 0. The van der Waals surface area contributed by atoms with Gasteiger partial charge in [-0.3, -0.25) is 0 Å². The zero-order valence-electron chi connectivity index (χ0n) is 10.8. The second-order valence-corrected chi connectivity index (χ2v) is 4.84. The van der Waals surface area contributed by atoms with E-state index in [2.05, 4.69) is 0 Å². The summed E-state index contributed by atoms with van der Waals surface area (Å²) < 4.78 is 31.6. The van der Waals surface area contributed by atoms with Crippen molar-refractivity contribution in [2.24, 2.45) is 0 Å². The van der Waals surface area contributed by atoms with Crippen LogP contribution >= 0.6 is 0 Å². The average Bonchev–Trinajstić information content (AvgIpc) is 2.23. The topological polar surface area (TPSA) is 50.1 Å². The van der Waals surface area contributed by atoms with Crippen molar-refractivity contribution >= 4 is 12.0 Å². The van der Waals surface area contributed by atoms with Crippen molar-refractivity contribution in [3.63, 3.8) is 0 Å². The maximum absolute atomic E-state index is 13.3. The van der Waals surface area contributed by atoms with Gasteiger partial charge in [-0.25, -0.2) is 13.6 Å². The molecule has 0 saturated carbocycles. The average molecular weight is 265 g/mol. The minimum absolute atomic E-state index is 0.139. The molecule has 0 amide bonds. The molecule has 0 N–H and O–H groups in total. The number of carbonyl (C=O) groups excluding carboxylic acids is 1.